The predicted octanol–water partition coefficient (Wildman–Crippen LogP) is -0.861. The molecule has 4 N–H and O–H groups in total. The minimum atomic E-state index is -1.34. The van der Waals surface area contributed by atoms with Gasteiger partial charge in [-0.15, -0.1) is 0 Å². The number of carbonyl (C=O) groups is 1. The summed E-state index contributed by atoms with van der Waals surface area (Å²) in [5, 5.41) is 31.7. The molecule has 7 heteroatoms. The van der Waals surface area contributed by atoms with E-state index in [4.69, 9.17) is 9.47 Å². The fourth-order valence-corrected chi connectivity index (χ4v) is 2.09. The van der Waals surface area contributed by atoms with E-state index in [9.17, 15) is 20.1 Å². The number of carbonyl (C=O) groups excluding carboxylic acids is 1. The van der Waals surface area contributed by atoms with Crippen molar-refractivity contribution in [2.24, 2.45) is 0 Å². The lowest BCUT2D eigenvalue weighted by Crippen LogP contribution is -2.58. The second-order valence-electron chi connectivity index (χ2n) is 4.94. The van der Waals surface area contributed by atoms with Crippen LogP contribution < -0.4 is 10.1 Å². The first kappa shape index (κ1) is 15.7. The van der Waals surface area contributed by atoms with Crippen LogP contribution in [0.3, 0.4) is 0 Å². The summed E-state index contributed by atoms with van der Waals surface area (Å²) in [7, 11) is 0. The van der Waals surface area contributed by atoms with Gasteiger partial charge < -0.3 is 30.1 Å². The average molecular weight is 297 g/mol. The lowest BCUT2D eigenvalue weighted by Gasteiger charge is -2.38. The van der Waals surface area contributed by atoms with Crippen LogP contribution >= 0.6 is 0 Å². The van der Waals surface area contributed by atoms with E-state index in [1.54, 1.807) is 31.2 Å². The van der Waals surface area contributed by atoms with E-state index in [1.165, 1.54) is 0 Å². The van der Waals surface area contributed by atoms with Crippen LogP contribution in [0, 0.1) is 0 Å². The van der Waals surface area contributed by atoms with Crippen molar-refractivity contribution in [2.45, 2.75) is 44.2 Å². The van der Waals surface area contributed by atoms with Gasteiger partial charge in [0.2, 0.25) is 12.7 Å². The Bertz CT molecular complexity index is 465. The molecule has 1 aromatic carbocycles. The molecular weight excluding hydrogens is 278 g/mol. The minimum absolute atomic E-state index is 0.411. The molecule has 1 amide bonds. The topological polar surface area (TPSA) is 108 Å². The third kappa shape index (κ3) is 3.70. The van der Waals surface area contributed by atoms with Crippen molar-refractivity contribution in [1.82, 2.24) is 5.32 Å². The Morgan fingerprint density at radius 3 is 2.48 bits per heavy atom. The van der Waals surface area contributed by atoms with E-state index in [-0.39, 0.29) is 0 Å². The summed E-state index contributed by atoms with van der Waals surface area (Å²) in [6.07, 6.45) is -4.91. The Morgan fingerprint density at radius 1 is 1.19 bits per heavy atom. The Labute approximate surface area is 122 Å². The molecule has 1 fully saturated rings. The van der Waals surface area contributed by atoms with Gasteiger partial charge in [0.05, 0.1) is 6.10 Å². The van der Waals surface area contributed by atoms with E-state index in [2.05, 4.69) is 5.32 Å². The van der Waals surface area contributed by atoms with Crippen LogP contribution in [-0.4, -0.2) is 52.4 Å². The molecule has 1 aromatic rings. The Morgan fingerprint density at radius 2 is 1.86 bits per heavy atom. The molecule has 1 saturated heterocycles. The van der Waals surface area contributed by atoms with Gasteiger partial charge in [-0.25, -0.2) is 0 Å². The normalized spacial score (nSPS) is 32.5. The van der Waals surface area contributed by atoms with Crippen LogP contribution in [0.5, 0.6) is 5.75 Å². The van der Waals surface area contributed by atoms with Gasteiger partial charge in [-0.1, -0.05) is 12.1 Å². The highest BCUT2D eigenvalue weighted by Crippen LogP contribution is 2.24. The van der Waals surface area contributed by atoms with E-state index < -0.39 is 30.7 Å². The van der Waals surface area contributed by atoms with Crippen LogP contribution in [0.15, 0.2) is 24.3 Å². The number of ether oxygens (including phenoxy) is 2. The van der Waals surface area contributed by atoms with E-state index in [0.717, 1.165) is 5.56 Å². The summed E-state index contributed by atoms with van der Waals surface area (Å²) in [5.74, 6) is 0.449. The average Bonchev–Trinajstić information content (AvgIpc) is 2.50. The third-order valence-electron chi connectivity index (χ3n) is 3.37. The maximum Gasteiger partial charge on any atom is 0.229 e. The van der Waals surface area contributed by atoms with E-state index in [0.29, 0.717) is 18.7 Å². The number of aliphatic hydroxyl groups excluding tert-OH is 3. The second-order valence-corrected chi connectivity index (χ2v) is 4.94. The molecule has 7 nitrogen and oxygen atoms in total. The number of amides is 1. The number of nitrogens with one attached hydrogen (secondary N) is 1. The molecule has 1 aliphatic rings. The summed E-state index contributed by atoms with van der Waals surface area (Å²) >= 11 is 0. The molecular formula is C14H19NO6. The molecule has 0 radical (unpaired) electrons. The molecule has 116 valence electrons. The fraction of sp³-hybridized carbons (Fsp3) is 0.500. The van der Waals surface area contributed by atoms with Gasteiger partial charge in [0.1, 0.15) is 24.1 Å². The molecule has 21 heavy (non-hydrogen) atoms. The summed E-state index contributed by atoms with van der Waals surface area (Å²) < 4.78 is 10.8. The van der Waals surface area contributed by atoms with Gasteiger partial charge >= 0.3 is 0 Å². The van der Waals surface area contributed by atoms with Crippen molar-refractivity contribution >= 4 is 6.41 Å². The van der Waals surface area contributed by atoms with Crippen LogP contribution in [0.25, 0.3) is 0 Å². The van der Waals surface area contributed by atoms with Crippen LogP contribution in [0.4, 0.5) is 0 Å². The lowest BCUT2D eigenvalue weighted by molar-refractivity contribution is -0.268. The van der Waals surface area contributed by atoms with Crippen LogP contribution in [-0.2, 0) is 16.1 Å². The van der Waals surface area contributed by atoms with Gasteiger partial charge in [0.15, 0.2) is 0 Å². The predicted molar refractivity (Wildman–Crippen MR) is 72.3 cm³/mol. The van der Waals surface area contributed by atoms with Crippen molar-refractivity contribution in [1.29, 1.82) is 0 Å². The first-order valence-corrected chi connectivity index (χ1v) is 6.65. The Kier molecular flexibility index (Phi) is 5.13. The van der Waals surface area contributed by atoms with E-state index in [1.807, 2.05) is 0 Å². The van der Waals surface area contributed by atoms with Crippen molar-refractivity contribution in [3.63, 3.8) is 0 Å². The van der Waals surface area contributed by atoms with E-state index >= 15 is 0 Å². The minimum Gasteiger partial charge on any atom is -0.462 e. The highest BCUT2D eigenvalue weighted by atomic mass is 16.7. The smallest absolute Gasteiger partial charge is 0.229 e. The molecule has 2 rings (SSSR count). The zero-order valence-electron chi connectivity index (χ0n) is 11.5. The van der Waals surface area contributed by atoms with Crippen molar-refractivity contribution in [3.05, 3.63) is 29.8 Å². The van der Waals surface area contributed by atoms with Crippen molar-refractivity contribution in [2.75, 3.05) is 0 Å². The SMILES string of the molecule is C[C@@H]1O[C@@H](Oc2ccc(CNC=O)cc2)[C@H](O)[C@H](O)[C@H]1O. The summed E-state index contributed by atoms with van der Waals surface area (Å²) in [6, 6.07) is 6.85. The number of benzene rings is 1. The molecule has 5 atom stereocenters. The first-order valence-electron chi connectivity index (χ1n) is 6.65. The third-order valence-corrected chi connectivity index (χ3v) is 3.37. The van der Waals surface area contributed by atoms with Crippen molar-refractivity contribution in [3.8, 4) is 5.75 Å². The molecule has 1 aliphatic heterocycles. The summed E-state index contributed by atoms with van der Waals surface area (Å²) in [6.45, 7) is 2.00. The van der Waals surface area contributed by atoms with Gasteiger partial charge in [0.25, 0.3) is 0 Å². The Balaban J connectivity index is 1.99. The van der Waals surface area contributed by atoms with Crippen molar-refractivity contribution < 1.29 is 29.6 Å². The van der Waals surface area contributed by atoms with Crippen LogP contribution in [0.2, 0.25) is 0 Å². The zero-order valence-corrected chi connectivity index (χ0v) is 11.5. The lowest BCUT2D eigenvalue weighted by atomic mass is 10.00. The molecule has 0 saturated carbocycles. The highest BCUT2D eigenvalue weighted by molar-refractivity contribution is 5.46. The first-order chi connectivity index (χ1) is 10.0. The number of rotatable bonds is 5. The molecule has 0 aliphatic carbocycles. The fourth-order valence-electron chi connectivity index (χ4n) is 2.09. The second kappa shape index (κ2) is 6.86. The molecule has 1 heterocycles. The maximum absolute atomic E-state index is 10.2. The van der Waals surface area contributed by atoms with Crippen LogP contribution in [0.1, 0.15) is 12.5 Å². The summed E-state index contributed by atoms with van der Waals surface area (Å²) in [4.78, 5) is 10.2. The number of aliphatic hydroxyl groups is 3. The van der Waals surface area contributed by atoms with Gasteiger partial charge in [-0.05, 0) is 24.6 Å². The molecule has 0 spiro atoms. The zero-order chi connectivity index (χ0) is 15.4. The van der Waals surface area contributed by atoms with Gasteiger partial charge in [-0.3, -0.25) is 4.79 Å². The standard InChI is InChI=1S/C14H19NO6/c1-8-11(17)12(18)13(19)14(20-8)21-10-4-2-9(3-5-10)6-15-7-16/h2-5,7-8,11-14,17-19H,6H2,1H3,(H,15,16)/t8-,11-,12+,13+,14-/m0/s1. The summed E-state index contributed by atoms with van der Waals surface area (Å²) in [5.41, 5.74) is 0.892. The largest absolute Gasteiger partial charge is 0.462 e. The van der Waals surface area contributed by atoms with Gasteiger partial charge in [-0.2, -0.15) is 0 Å². The molecule has 0 bridgehead atoms. The molecule has 0 unspecified atom stereocenters. The monoisotopic (exact) mass is 297 g/mol. The highest BCUT2D eigenvalue weighted by Gasteiger charge is 2.43. The quantitative estimate of drug-likeness (QED) is 0.527. The maximum atomic E-state index is 10.2. The van der Waals surface area contributed by atoms with Gasteiger partial charge in [0, 0.05) is 6.54 Å². The number of hydrogen-bond donors (Lipinski definition) is 4. The number of hydrogen-bond acceptors (Lipinski definition) is 6. The Hall–Kier alpha value is -1.67. The molecule has 0 aromatic heterocycles.